The molecule has 0 saturated heterocycles. The molecule has 0 saturated carbocycles. The van der Waals surface area contributed by atoms with Gasteiger partial charge < -0.3 is 30.2 Å². The summed E-state index contributed by atoms with van der Waals surface area (Å²) in [5, 5.41) is 31.3. The molecule has 8 nitrogen and oxygen atoms in total. The molecule has 0 fully saturated rings. The zero-order chi connectivity index (χ0) is 17.1. The van der Waals surface area contributed by atoms with Crippen molar-refractivity contribution in [3.8, 4) is 0 Å². The van der Waals surface area contributed by atoms with Crippen LogP contribution in [-0.4, -0.2) is 64.4 Å². The van der Waals surface area contributed by atoms with E-state index in [1.807, 2.05) is 6.92 Å². The lowest BCUT2D eigenvalue weighted by atomic mass is 10.0. The molecule has 0 aliphatic carbocycles. The summed E-state index contributed by atoms with van der Waals surface area (Å²) in [6, 6.07) is -1.36. The number of aliphatic hydroxyl groups excluding tert-OH is 3. The van der Waals surface area contributed by atoms with Gasteiger partial charge >= 0.3 is 5.97 Å². The molecule has 0 aromatic rings. The normalized spacial score (nSPS) is 16.2. The highest BCUT2D eigenvalue weighted by Crippen LogP contribution is 2.06. The molecule has 0 spiro atoms. The van der Waals surface area contributed by atoms with Crippen molar-refractivity contribution in [1.29, 1.82) is 0 Å². The molecule has 8 heteroatoms. The number of aldehydes is 1. The number of carbonyl (C=O) groups is 3. The van der Waals surface area contributed by atoms with E-state index in [4.69, 9.17) is 4.74 Å². The average Bonchev–Trinajstić information content (AvgIpc) is 2.48. The van der Waals surface area contributed by atoms with Crippen LogP contribution in [0.25, 0.3) is 0 Å². The molecule has 0 bridgehead atoms. The van der Waals surface area contributed by atoms with Gasteiger partial charge in [0, 0.05) is 13.3 Å². The largest absolute Gasteiger partial charge is 0.463 e. The first-order valence-electron chi connectivity index (χ1n) is 7.25. The Morgan fingerprint density at radius 2 is 1.82 bits per heavy atom. The molecule has 1 amide bonds. The molecule has 0 aromatic heterocycles. The van der Waals surface area contributed by atoms with Crippen LogP contribution in [0, 0.1) is 0 Å². The molecule has 0 aliphatic rings. The first-order valence-corrected chi connectivity index (χ1v) is 7.25. The maximum Gasteiger partial charge on any atom is 0.305 e. The van der Waals surface area contributed by atoms with Crippen LogP contribution in [0.3, 0.4) is 0 Å². The van der Waals surface area contributed by atoms with Crippen LogP contribution in [0.5, 0.6) is 0 Å². The summed E-state index contributed by atoms with van der Waals surface area (Å²) in [6.07, 6.45) is -2.05. The van der Waals surface area contributed by atoms with Crippen molar-refractivity contribution in [3.63, 3.8) is 0 Å². The Morgan fingerprint density at radius 3 is 2.32 bits per heavy atom. The average molecular weight is 319 g/mol. The summed E-state index contributed by atoms with van der Waals surface area (Å²) in [6.45, 7) is 2.63. The zero-order valence-corrected chi connectivity index (χ0v) is 12.9. The van der Waals surface area contributed by atoms with Crippen molar-refractivity contribution in [2.45, 2.75) is 63.9 Å². The number of amides is 1. The van der Waals surface area contributed by atoms with E-state index in [1.165, 1.54) is 0 Å². The van der Waals surface area contributed by atoms with Crippen molar-refractivity contribution >= 4 is 18.2 Å². The Balaban J connectivity index is 4.28. The number of ether oxygens (including phenoxy) is 1. The van der Waals surface area contributed by atoms with Gasteiger partial charge in [0.25, 0.3) is 0 Å². The molecule has 4 N–H and O–H groups in total. The fourth-order valence-corrected chi connectivity index (χ4v) is 1.74. The number of aliphatic hydroxyl groups is 3. The summed E-state index contributed by atoms with van der Waals surface area (Å²) >= 11 is 0. The van der Waals surface area contributed by atoms with E-state index in [1.54, 1.807) is 0 Å². The predicted molar refractivity (Wildman–Crippen MR) is 76.8 cm³/mol. The first kappa shape index (κ1) is 20.5. The van der Waals surface area contributed by atoms with Crippen LogP contribution in [0.4, 0.5) is 0 Å². The van der Waals surface area contributed by atoms with Gasteiger partial charge in [-0.25, -0.2) is 0 Å². The molecule has 0 rings (SSSR count). The molecule has 0 aromatic carbocycles. The Kier molecular flexibility index (Phi) is 10.3. The number of unbranched alkanes of at least 4 members (excludes halogenated alkanes) is 2. The van der Waals surface area contributed by atoms with Crippen LogP contribution in [0.15, 0.2) is 0 Å². The van der Waals surface area contributed by atoms with Crippen LogP contribution in [0.2, 0.25) is 0 Å². The first-order chi connectivity index (χ1) is 10.3. The summed E-state index contributed by atoms with van der Waals surface area (Å²) in [5.41, 5.74) is 0. The molecule has 4 atom stereocenters. The SMILES string of the molecule is CCCCCC(=O)OC[C@@H](O)[C@@H](O)[C@H](O)[C@H](C=O)NC(C)=O. The lowest BCUT2D eigenvalue weighted by Gasteiger charge is -2.26. The monoisotopic (exact) mass is 319 g/mol. The maximum atomic E-state index is 11.4. The van der Waals surface area contributed by atoms with E-state index < -0.39 is 42.8 Å². The number of rotatable bonds is 11. The number of esters is 1. The van der Waals surface area contributed by atoms with Crippen molar-refractivity contribution < 1.29 is 34.4 Å². The van der Waals surface area contributed by atoms with E-state index in [0.29, 0.717) is 6.42 Å². The highest BCUT2D eigenvalue weighted by Gasteiger charge is 2.32. The van der Waals surface area contributed by atoms with E-state index in [2.05, 4.69) is 5.32 Å². The summed E-state index contributed by atoms with van der Waals surface area (Å²) in [7, 11) is 0. The van der Waals surface area contributed by atoms with Crippen LogP contribution >= 0.6 is 0 Å². The molecular formula is C14H25NO7. The maximum absolute atomic E-state index is 11.4. The van der Waals surface area contributed by atoms with Crippen LogP contribution < -0.4 is 5.32 Å². The van der Waals surface area contributed by atoms with Crippen molar-refractivity contribution in [2.24, 2.45) is 0 Å². The van der Waals surface area contributed by atoms with Gasteiger partial charge in [-0.3, -0.25) is 9.59 Å². The standard InChI is InChI=1S/C14H25NO7/c1-3-4-5-6-12(19)22-8-11(18)14(21)13(20)10(7-16)15-9(2)17/h7,10-11,13-14,18,20-21H,3-6,8H2,1-2H3,(H,15,17)/t10-,11+,13+,14+/m0/s1. The van der Waals surface area contributed by atoms with Gasteiger partial charge in [0.05, 0.1) is 0 Å². The molecule has 0 aliphatic heterocycles. The Morgan fingerprint density at radius 1 is 1.18 bits per heavy atom. The minimum Gasteiger partial charge on any atom is -0.463 e. The third-order valence-electron chi connectivity index (χ3n) is 3.03. The molecule has 0 heterocycles. The lowest BCUT2D eigenvalue weighted by Crippen LogP contribution is -2.53. The minimum absolute atomic E-state index is 0.210. The Labute approximate surface area is 129 Å². The van der Waals surface area contributed by atoms with Crippen LogP contribution in [-0.2, 0) is 19.1 Å². The fraction of sp³-hybridized carbons (Fsp3) is 0.786. The number of hydrogen-bond acceptors (Lipinski definition) is 7. The van der Waals surface area contributed by atoms with Gasteiger partial charge in [0.2, 0.25) is 5.91 Å². The van der Waals surface area contributed by atoms with E-state index in [-0.39, 0.29) is 12.7 Å². The van der Waals surface area contributed by atoms with Gasteiger partial charge in [-0.1, -0.05) is 19.8 Å². The van der Waals surface area contributed by atoms with Crippen molar-refractivity contribution in [3.05, 3.63) is 0 Å². The smallest absolute Gasteiger partial charge is 0.305 e. The molecule has 22 heavy (non-hydrogen) atoms. The highest BCUT2D eigenvalue weighted by atomic mass is 16.5. The Hall–Kier alpha value is -1.51. The minimum atomic E-state index is -1.74. The van der Waals surface area contributed by atoms with Crippen molar-refractivity contribution in [2.75, 3.05) is 6.61 Å². The van der Waals surface area contributed by atoms with Gasteiger partial charge in [-0.15, -0.1) is 0 Å². The van der Waals surface area contributed by atoms with Gasteiger partial charge in [-0.05, 0) is 6.42 Å². The Bertz CT molecular complexity index is 361. The van der Waals surface area contributed by atoms with Gasteiger partial charge in [0.15, 0.2) is 0 Å². The third-order valence-corrected chi connectivity index (χ3v) is 3.03. The van der Waals surface area contributed by atoms with Crippen LogP contribution in [0.1, 0.15) is 39.5 Å². The highest BCUT2D eigenvalue weighted by molar-refractivity contribution is 5.77. The quantitative estimate of drug-likeness (QED) is 0.216. The second-order valence-corrected chi connectivity index (χ2v) is 5.05. The topological polar surface area (TPSA) is 133 Å². The number of carbonyl (C=O) groups excluding carboxylic acids is 3. The zero-order valence-electron chi connectivity index (χ0n) is 12.9. The number of nitrogens with one attached hydrogen (secondary N) is 1. The van der Waals surface area contributed by atoms with E-state index in [0.717, 1.165) is 19.8 Å². The van der Waals surface area contributed by atoms with Gasteiger partial charge in [-0.2, -0.15) is 0 Å². The molecule has 0 radical (unpaired) electrons. The summed E-state index contributed by atoms with van der Waals surface area (Å²) < 4.78 is 4.78. The summed E-state index contributed by atoms with van der Waals surface area (Å²) in [5.74, 6) is -1.08. The van der Waals surface area contributed by atoms with Crippen molar-refractivity contribution in [1.82, 2.24) is 5.32 Å². The molecule has 128 valence electrons. The molecular weight excluding hydrogens is 294 g/mol. The third kappa shape index (κ3) is 8.06. The van der Waals surface area contributed by atoms with E-state index >= 15 is 0 Å². The van der Waals surface area contributed by atoms with Gasteiger partial charge in [0.1, 0.15) is 37.2 Å². The fourth-order valence-electron chi connectivity index (χ4n) is 1.74. The predicted octanol–water partition coefficient (Wildman–Crippen LogP) is -1.10. The second kappa shape index (κ2) is 11.1. The summed E-state index contributed by atoms with van der Waals surface area (Å²) in [4.78, 5) is 33.0. The molecule has 0 unspecified atom stereocenters. The number of hydrogen-bond donors (Lipinski definition) is 4. The second-order valence-electron chi connectivity index (χ2n) is 5.05. The van der Waals surface area contributed by atoms with E-state index in [9.17, 15) is 29.7 Å². The lowest BCUT2D eigenvalue weighted by molar-refractivity contribution is -0.153.